The summed E-state index contributed by atoms with van der Waals surface area (Å²) in [6.45, 7) is -0.334. The molecule has 0 radical (unpaired) electrons. The van der Waals surface area contributed by atoms with Gasteiger partial charge in [-0.15, -0.1) is 0 Å². The van der Waals surface area contributed by atoms with E-state index < -0.39 is 23.4 Å². The lowest BCUT2D eigenvalue weighted by Gasteiger charge is -2.09. The minimum atomic E-state index is -0.889. The van der Waals surface area contributed by atoms with E-state index in [1.165, 1.54) is 0 Å². The lowest BCUT2D eigenvalue weighted by molar-refractivity contribution is -0.123. The van der Waals surface area contributed by atoms with Crippen LogP contribution in [0.4, 0.5) is 8.78 Å². The van der Waals surface area contributed by atoms with E-state index in [9.17, 15) is 18.4 Å². The minimum Gasteiger partial charge on any atom is -0.484 e. The maximum Gasteiger partial charge on any atom is 0.276 e. The minimum absolute atomic E-state index is 0.253. The highest BCUT2D eigenvalue weighted by atomic mass is 79.9. The van der Waals surface area contributed by atoms with Crippen LogP contribution >= 0.6 is 15.9 Å². The van der Waals surface area contributed by atoms with Crippen molar-refractivity contribution < 1.29 is 23.1 Å². The number of ether oxygens (including phenoxy) is 1. The molecule has 0 saturated carbocycles. The molecule has 0 aliphatic heterocycles. The van der Waals surface area contributed by atoms with Gasteiger partial charge in [0.15, 0.2) is 6.61 Å². The van der Waals surface area contributed by atoms with E-state index in [0.717, 1.165) is 16.6 Å². The normalized spacial score (nSPS) is 10.0. The van der Waals surface area contributed by atoms with Crippen molar-refractivity contribution in [3.63, 3.8) is 0 Å². The second-order valence-electron chi connectivity index (χ2n) is 4.40. The van der Waals surface area contributed by atoms with Gasteiger partial charge in [-0.1, -0.05) is 15.9 Å². The molecule has 120 valence electrons. The topological polar surface area (TPSA) is 67.4 Å². The molecule has 0 spiro atoms. The number of hydrazine groups is 1. The number of hydrogen-bond acceptors (Lipinski definition) is 3. The van der Waals surface area contributed by atoms with Gasteiger partial charge in [0, 0.05) is 16.1 Å². The Kier molecular flexibility index (Phi) is 5.64. The molecule has 0 unspecified atom stereocenters. The van der Waals surface area contributed by atoms with Gasteiger partial charge in [0.2, 0.25) is 0 Å². The lowest BCUT2D eigenvalue weighted by Crippen LogP contribution is -2.43. The Morgan fingerprint density at radius 2 is 1.61 bits per heavy atom. The molecule has 0 aliphatic carbocycles. The first-order valence-corrected chi connectivity index (χ1v) is 7.17. The Morgan fingerprint density at radius 3 is 2.22 bits per heavy atom. The van der Waals surface area contributed by atoms with Crippen molar-refractivity contribution in [3.05, 3.63) is 64.1 Å². The monoisotopic (exact) mass is 384 g/mol. The Morgan fingerprint density at radius 1 is 1.00 bits per heavy atom. The number of halogens is 3. The van der Waals surface area contributed by atoms with E-state index in [1.807, 2.05) is 5.43 Å². The summed E-state index contributed by atoms with van der Waals surface area (Å²) in [6, 6.07) is 9.14. The fraction of sp³-hybridized carbons (Fsp3) is 0.0667. The smallest absolute Gasteiger partial charge is 0.276 e. The third-order valence-electron chi connectivity index (χ3n) is 2.62. The molecule has 2 N–H and O–H groups in total. The van der Waals surface area contributed by atoms with Crippen LogP contribution in [-0.4, -0.2) is 18.4 Å². The van der Waals surface area contributed by atoms with E-state index in [2.05, 4.69) is 21.4 Å². The average Bonchev–Trinajstić information content (AvgIpc) is 2.51. The van der Waals surface area contributed by atoms with Gasteiger partial charge >= 0.3 is 0 Å². The predicted molar refractivity (Wildman–Crippen MR) is 81.6 cm³/mol. The van der Waals surface area contributed by atoms with Crippen LogP contribution in [-0.2, 0) is 4.79 Å². The number of nitrogens with one attached hydrogen (secondary N) is 2. The van der Waals surface area contributed by atoms with E-state index in [0.29, 0.717) is 11.8 Å². The summed E-state index contributed by atoms with van der Waals surface area (Å²) in [4.78, 5) is 23.2. The van der Waals surface area contributed by atoms with Crippen molar-refractivity contribution in [2.24, 2.45) is 0 Å². The summed E-state index contributed by atoms with van der Waals surface area (Å²) >= 11 is 3.26. The molecule has 2 rings (SSSR count). The molecular weight excluding hydrogens is 374 g/mol. The van der Waals surface area contributed by atoms with Crippen molar-refractivity contribution in [2.45, 2.75) is 0 Å². The first-order chi connectivity index (χ1) is 10.9. The van der Waals surface area contributed by atoms with Crippen LogP contribution in [0.5, 0.6) is 5.75 Å². The molecule has 23 heavy (non-hydrogen) atoms. The van der Waals surface area contributed by atoms with Crippen molar-refractivity contribution in [2.75, 3.05) is 6.61 Å². The maximum absolute atomic E-state index is 13.0. The highest BCUT2D eigenvalue weighted by Gasteiger charge is 2.10. The van der Waals surface area contributed by atoms with Crippen LogP contribution in [0.15, 0.2) is 46.9 Å². The first-order valence-electron chi connectivity index (χ1n) is 6.37. The van der Waals surface area contributed by atoms with Crippen molar-refractivity contribution in [1.82, 2.24) is 10.9 Å². The zero-order chi connectivity index (χ0) is 16.8. The zero-order valence-electron chi connectivity index (χ0n) is 11.6. The molecule has 0 aliphatic rings. The highest BCUT2D eigenvalue weighted by molar-refractivity contribution is 9.10. The van der Waals surface area contributed by atoms with Crippen LogP contribution in [0.25, 0.3) is 0 Å². The fourth-order valence-corrected chi connectivity index (χ4v) is 1.86. The van der Waals surface area contributed by atoms with Gasteiger partial charge in [-0.25, -0.2) is 8.78 Å². The second-order valence-corrected chi connectivity index (χ2v) is 5.32. The van der Waals surface area contributed by atoms with Crippen molar-refractivity contribution >= 4 is 27.7 Å². The summed E-state index contributed by atoms with van der Waals surface area (Å²) in [5.41, 5.74) is 3.87. The molecule has 0 heterocycles. The van der Waals surface area contributed by atoms with E-state index in [4.69, 9.17) is 4.74 Å². The number of carbonyl (C=O) groups excluding carboxylic acids is 2. The SMILES string of the molecule is O=C(COc1ccc(Br)cc1)NNC(=O)c1cc(F)cc(F)c1. The molecule has 0 bridgehead atoms. The number of rotatable bonds is 4. The van der Waals surface area contributed by atoms with Crippen LogP contribution in [0, 0.1) is 11.6 Å². The van der Waals surface area contributed by atoms with E-state index >= 15 is 0 Å². The Balaban J connectivity index is 1.81. The molecule has 2 amide bonds. The lowest BCUT2D eigenvalue weighted by atomic mass is 10.2. The van der Waals surface area contributed by atoms with Crippen molar-refractivity contribution in [1.29, 1.82) is 0 Å². The third kappa shape index (κ3) is 5.33. The van der Waals surface area contributed by atoms with E-state index in [1.54, 1.807) is 24.3 Å². The number of hydrogen-bond donors (Lipinski definition) is 2. The Bertz CT molecular complexity index is 703. The van der Waals surface area contributed by atoms with Crippen LogP contribution in [0.2, 0.25) is 0 Å². The average molecular weight is 385 g/mol. The van der Waals surface area contributed by atoms with Gasteiger partial charge in [-0.3, -0.25) is 20.4 Å². The van der Waals surface area contributed by atoms with Gasteiger partial charge in [-0.05, 0) is 36.4 Å². The quantitative estimate of drug-likeness (QED) is 0.796. The summed E-state index contributed by atoms with van der Waals surface area (Å²) in [7, 11) is 0. The summed E-state index contributed by atoms with van der Waals surface area (Å²) in [5.74, 6) is -2.78. The molecule has 2 aromatic rings. The fourth-order valence-electron chi connectivity index (χ4n) is 1.60. The molecule has 5 nitrogen and oxygen atoms in total. The largest absolute Gasteiger partial charge is 0.484 e. The molecule has 0 fully saturated rings. The molecule has 8 heteroatoms. The van der Waals surface area contributed by atoms with Gasteiger partial charge in [0.25, 0.3) is 11.8 Å². The standard InChI is InChI=1S/C15H11BrF2N2O3/c16-10-1-3-13(4-2-10)23-8-14(21)19-20-15(22)9-5-11(17)7-12(18)6-9/h1-7H,8H2,(H,19,21)(H,20,22). The third-order valence-corrected chi connectivity index (χ3v) is 3.15. The van der Waals surface area contributed by atoms with Gasteiger partial charge in [0.1, 0.15) is 17.4 Å². The number of benzene rings is 2. The predicted octanol–water partition coefficient (Wildman–Crippen LogP) is 2.57. The highest BCUT2D eigenvalue weighted by Crippen LogP contribution is 2.15. The number of amides is 2. The van der Waals surface area contributed by atoms with Gasteiger partial charge < -0.3 is 4.74 Å². The Labute approximate surface area is 138 Å². The molecule has 0 saturated heterocycles. The maximum atomic E-state index is 13.0. The van der Waals surface area contributed by atoms with E-state index in [-0.39, 0.29) is 12.2 Å². The first kappa shape index (κ1) is 16.9. The Hall–Kier alpha value is -2.48. The van der Waals surface area contributed by atoms with Crippen LogP contribution in [0.1, 0.15) is 10.4 Å². The van der Waals surface area contributed by atoms with Gasteiger partial charge in [-0.2, -0.15) is 0 Å². The molecular formula is C15H11BrF2N2O3. The summed E-state index contributed by atoms with van der Waals surface area (Å²) in [5, 5.41) is 0. The molecule has 2 aromatic carbocycles. The molecule has 0 atom stereocenters. The molecule has 0 aromatic heterocycles. The zero-order valence-corrected chi connectivity index (χ0v) is 13.2. The number of carbonyl (C=O) groups is 2. The summed E-state index contributed by atoms with van der Waals surface area (Å²) in [6.07, 6.45) is 0. The van der Waals surface area contributed by atoms with Crippen LogP contribution in [0.3, 0.4) is 0 Å². The van der Waals surface area contributed by atoms with Gasteiger partial charge in [0.05, 0.1) is 0 Å². The summed E-state index contributed by atoms with van der Waals surface area (Å²) < 4.78 is 32.0. The van der Waals surface area contributed by atoms with Crippen LogP contribution < -0.4 is 15.6 Å². The van der Waals surface area contributed by atoms with Crippen molar-refractivity contribution in [3.8, 4) is 5.75 Å². The second kappa shape index (κ2) is 7.68.